The second kappa shape index (κ2) is 4.32. The van der Waals surface area contributed by atoms with E-state index >= 15 is 0 Å². The van der Waals surface area contributed by atoms with Crippen LogP contribution in [-0.4, -0.2) is 16.7 Å². The third kappa shape index (κ3) is 2.63. The first-order valence-corrected chi connectivity index (χ1v) is 4.74. The fourth-order valence-electron chi connectivity index (χ4n) is 1.01. The molecule has 0 radical (unpaired) electrons. The van der Waals surface area contributed by atoms with Crippen LogP contribution >= 0.6 is 15.9 Å². The Bertz CT molecular complexity index is 390. The van der Waals surface area contributed by atoms with Crippen LogP contribution in [-0.2, 0) is 4.79 Å². The van der Waals surface area contributed by atoms with Crippen molar-refractivity contribution in [3.8, 4) is 0 Å². The number of rotatable bonds is 2. The van der Waals surface area contributed by atoms with Gasteiger partial charge in [0, 0.05) is 12.5 Å². The predicted molar refractivity (Wildman–Crippen MR) is 56.2 cm³/mol. The average Bonchev–Trinajstić information content (AvgIpc) is 2.07. The van der Waals surface area contributed by atoms with Crippen LogP contribution in [0.25, 0.3) is 0 Å². The number of Topliss-reactive ketones (excluding diaryl/α,β-unsaturated/α-hetero) is 1. The third-order valence-electron chi connectivity index (χ3n) is 1.56. The molecule has 0 bridgehead atoms. The summed E-state index contributed by atoms with van der Waals surface area (Å²) in [5.41, 5.74) is 0.885. The molecule has 1 heterocycles. The second-order valence-corrected chi connectivity index (χ2v) is 3.60. The molecule has 0 aliphatic carbocycles. The monoisotopic (exact) mass is 256 g/mol. The highest BCUT2D eigenvalue weighted by molar-refractivity contribution is 9.10. The molecule has 0 saturated heterocycles. The van der Waals surface area contributed by atoms with Crippen LogP contribution in [0.5, 0.6) is 0 Å². The Morgan fingerprint density at radius 2 is 2.07 bits per heavy atom. The number of amides is 1. The molecular weight excluding hydrogens is 248 g/mol. The molecule has 1 amide bonds. The summed E-state index contributed by atoms with van der Waals surface area (Å²) in [5, 5.41) is 2.54. The number of anilines is 1. The number of aromatic nitrogens is 1. The van der Waals surface area contributed by atoms with Crippen molar-refractivity contribution in [2.24, 2.45) is 0 Å². The maximum absolute atomic E-state index is 11.2. The molecule has 14 heavy (non-hydrogen) atoms. The molecule has 74 valence electrons. The predicted octanol–water partition coefficient (Wildman–Crippen LogP) is 2.01. The van der Waals surface area contributed by atoms with E-state index in [0.29, 0.717) is 15.9 Å². The lowest BCUT2D eigenvalue weighted by molar-refractivity contribution is -0.114. The van der Waals surface area contributed by atoms with Crippen LogP contribution in [0, 0.1) is 0 Å². The van der Waals surface area contributed by atoms with E-state index in [1.54, 1.807) is 6.07 Å². The van der Waals surface area contributed by atoms with Crippen LogP contribution in [0.3, 0.4) is 0 Å². The Kier molecular flexibility index (Phi) is 3.35. The zero-order valence-electron chi connectivity index (χ0n) is 7.80. The molecule has 1 aromatic heterocycles. The first kappa shape index (κ1) is 10.8. The van der Waals surface area contributed by atoms with E-state index in [0.717, 1.165) is 0 Å². The Morgan fingerprint density at radius 3 is 2.57 bits per heavy atom. The van der Waals surface area contributed by atoms with E-state index in [1.165, 1.54) is 20.0 Å². The second-order valence-electron chi connectivity index (χ2n) is 2.79. The maximum Gasteiger partial charge on any atom is 0.221 e. The molecule has 4 nitrogen and oxygen atoms in total. The molecule has 0 aromatic carbocycles. The minimum atomic E-state index is -0.225. The van der Waals surface area contributed by atoms with Gasteiger partial charge in [-0.05, 0) is 28.9 Å². The highest BCUT2D eigenvalue weighted by atomic mass is 79.9. The number of halogens is 1. The van der Waals surface area contributed by atoms with Gasteiger partial charge in [-0.15, -0.1) is 0 Å². The lowest BCUT2D eigenvalue weighted by atomic mass is 10.1. The summed E-state index contributed by atoms with van der Waals surface area (Å²) >= 11 is 3.15. The molecule has 0 saturated carbocycles. The topological polar surface area (TPSA) is 59.1 Å². The molecule has 1 N–H and O–H groups in total. The van der Waals surface area contributed by atoms with E-state index in [-0.39, 0.29) is 11.7 Å². The molecule has 0 fully saturated rings. The van der Waals surface area contributed by atoms with Crippen molar-refractivity contribution in [2.75, 3.05) is 5.32 Å². The number of carbonyl (C=O) groups excluding carboxylic acids is 2. The highest BCUT2D eigenvalue weighted by Gasteiger charge is 2.09. The van der Waals surface area contributed by atoms with Gasteiger partial charge in [-0.25, -0.2) is 4.98 Å². The van der Waals surface area contributed by atoms with Crippen LogP contribution < -0.4 is 5.32 Å². The Labute approximate surface area is 89.9 Å². The van der Waals surface area contributed by atoms with E-state index in [9.17, 15) is 9.59 Å². The van der Waals surface area contributed by atoms with Gasteiger partial charge in [0.1, 0.15) is 4.60 Å². The average molecular weight is 257 g/mol. The largest absolute Gasteiger partial charge is 0.324 e. The fraction of sp³-hybridized carbons (Fsp3) is 0.222. The number of hydrogen-bond donors (Lipinski definition) is 1. The fourth-order valence-corrected chi connectivity index (χ4v) is 1.34. The Hall–Kier alpha value is -1.23. The van der Waals surface area contributed by atoms with Crippen LogP contribution in [0.4, 0.5) is 5.69 Å². The van der Waals surface area contributed by atoms with Gasteiger partial charge in [-0.2, -0.15) is 0 Å². The molecule has 0 aliphatic heterocycles. The van der Waals surface area contributed by atoms with Crippen molar-refractivity contribution < 1.29 is 9.59 Å². The van der Waals surface area contributed by atoms with Gasteiger partial charge < -0.3 is 5.32 Å². The summed E-state index contributed by atoms with van der Waals surface area (Å²) in [6.07, 6.45) is 1.45. The number of pyridine rings is 1. The molecule has 0 atom stereocenters. The van der Waals surface area contributed by atoms with Gasteiger partial charge in [0.25, 0.3) is 0 Å². The van der Waals surface area contributed by atoms with E-state index in [2.05, 4.69) is 26.2 Å². The van der Waals surface area contributed by atoms with E-state index in [1.807, 2.05) is 0 Å². The number of ketones is 1. The summed E-state index contributed by atoms with van der Waals surface area (Å²) in [5.74, 6) is -0.339. The van der Waals surface area contributed by atoms with Crippen molar-refractivity contribution in [1.29, 1.82) is 0 Å². The molecule has 0 unspecified atom stereocenters. The van der Waals surface area contributed by atoms with Crippen molar-refractivity contribution >= 4 is 33.3 Å². The lowest BCUT2D eigenvalue weighted by Gasteiger charge is -2.06. The van der Waals surface area contributed by atoms with Gasteiger partial charge in [0.2, 0.25) is 5.91 Å². The van der Waals surface area contributed by atoms with Gasteiger partial charge in [0.15, 0.2) is 5.78 Å². The minimum Gasteiger partial charge on any atom is -0.324 e. The van der Waals surface area contributed by atoms with Crippen molar-refractivity contribution in [3.05, 3.63) is 22.4 Å². The highest BCUT2D eigenvalue weighted by Crippen LogP contribution is 2.18. The summed E-state index contributed by atoms with van der Waals surface area (Å²) in [6, 6.07) is 1.58. The number of hydrogen-bond acceptors (Lipinski definition) is 3. The standard InChI is InChI=1S/C9H9BrN2O2/c1-5(13)7-3-9(10)11-4-8(7)12-6(2)14/h3-4H,1-2H3,(H,12,14). The van der Waals surface area contributed by atoms with Gasteiger partial charge >= 0.3 is 0 Å². The number of nitrogens with one attached hydrogen (secondary N) is 1. The van der Waals surface area contributed by atoms with Crippen LogP contribution in [0.1, 0.15) is 24.2 Å². The minimum absolute atomic E-state index is 0.114. The summed E-state index contributed by atoms with van der Waals surface area (Å²) in [6.45, 7) is 2.82. The van der Waals surface area contributed by atoms with Gasteiger partial charge in [-0.3, -0.25) is 9.59 Å². The lowest BCUT2D eigenvalue weighted by Crippen LogP contribution is -2.10. The zero-order chi connectivity index (χ0) is 10.7. The SMILES string of the molecule is CC(=O)Nc1cnc(Br)cc1C(C)=O. The molecule has 0 spiro atoms. The van der Waals surface area contributed by atoms with Crippen LogP contribution in [0.2, 0.25) is 0 Å². The maximum atomic E-state index is 11.2. The first-order valence-electron chi connectivity index (χ1n) is 3.95. The van der Waals surface area contributed by atoms with Crippen molar-refractivity contribution in [3.63, 3.8) is 0 Å². The number of carbonyl (C=O) groups is 2. The molecule has 5 heteroatoms. The molecule has 0 aliphatic rings. The van der Waals surface area contributed by atoms with Crippen LogP contribution in [0.15, 0.2) is 16.9 Å². The first-order chi connectivity index (χ1) is 6.50. The quantitative estimate of drug-likeness (QED) is 0.651. The third-order valence-corrected chi connectivity index (χ3v) is 1.99. The summed E-state index contributed by atoms with van der Waals surface area (Å²) in [4.78, 5) is 25.9. The Balaban J connectivity index is 3.14. The molecular formula is C9H9BrN2O2. The normalized spacial score (nSPS) is 9.64. The van der Waals surface area contributed by atoms with Gasteiger partial charge in [-0.1, -0.05) is 0 Å². The molecule has 1 rings (SSSR count). The van der Waals surface area contributed by atoms with E-state index < -0.39 is 0 Å². The van der Waals surface area contributed by atoms with E-state index in [4.69, 9.17) is 0 Å². The van der Waals surface area contributed by atoms with Crippen molar-refractivity contribution in [1.82, 2.24) is 4.98 Å². The summed E-state index contributed by atoms with van der Waals surface area (Å²) in [7, 11) is 0. The van der Waals surface area contributed by atoms with Gasteiger partial charge in [0.05, 0.1) is 11.9 Å². The Morgan fingerprint density at radius 1 is 1.43 bits per heavy atom. The number of nitrogens with zero attached hydrogens (tertiary/aromatic N) is 1. The summed E-state index contributed by atoms with van der Waals surface area (Å²) < 4.78 is 0.566. The van der Waals surface area contributed by atoms with Crippen molar-refractivity contribution in [2.45, 2.75) is 13.8 Å². The molecule has 1 aromatic rings. The smallest absolute Gasteiger partial charge is 0.221 e. The zero-order valence-corrected chi connectivity index (χ0v) is 9.38.